The van der Waals surface area contributed by atoms with Crippen molar-refractivity contribution >= 4 is 35.0 Å². The second-order valence-corrected chi connectivity index (χ2v) is 8.77. The summed E-state index contributed by atoms with van der Waals surface area (Å²) in [5, 5.41) is 0.406. The highest BCUT2D eigenvalue weighted by atomic mass is 35.5. The maximum atomic E-state index is 13.2. The lowest BCUT2D eigenvalue weighted by molar-refractivity contribution is -0.143. The van der Waals surface area contributed by atoms with E-state index >= 15 is 0 Å². The van der Waals surface area contributed by atoms with Crippen LogP contribution in [-0.2, 0) is 14.4 Å². The fourth-order valence-electron chi connectivity index (χ4n) is 4.59. The normalized spacial score (nSPS) is 22.8. The number of carbonyl (C=O) groups excluding carboxylic acids is 3. The van der Waals surface area contributed by atoms with Crippen molar-refractivity contribution < 1.29 is 28.6 Å². The number of imide groups is 1. The largest absolute Gasteiger partial charge is 0.495 e. The van der Waals surface area contributed by atoms with Crippen LogP contribution in [0, 0.1) is 0 Å². The predicted molar refractivity (Wildman–Crippen MR) is 123 cm³/mol. The fraction of sp³-hybridized carbons (Fsp3) is 0.375. The van der Waals surface area contributed by atoms with Crippen LogP contribution in [0.15, 0.2) is 42.5 Å². The van der Waals surface area contributed by atoms with Crippen LogP contribution in [0.1, 0.15) is 6.42 Å². The smallest absolute Gasteiger partial charge is 0.267 e. The molecular weight excluding hydrogens is 462 g/mol. The van der Waals surface area contributed by atoms with E-state index in [9.17, 15) is 14.4 Å². The Morgan fingerprint density at radius 1 is 1.06 bits per heavy atom. The molecule has 3 aliphatic heterocycles. The Hall–Kier alpha value is -3.30. The summed E-state index contributed by atoms with van der Waals surface area (Å²) in [5.41, 5.74) is 0.344. The molecule has 2 aromatic rings. The number of amides is 3. The van der Waals surface area contributed by atoms with Crippen LogP contribution in [0.4, 0.5) is 5.69 Å². The average molecular weight is 486 g/mol. The molecule has 10 heteroatoms. The van der Waals surface area contributed by atoms with Gasteiger partial charge in [-0.05, 0) is 30.3 Å². The first-order valence-corrected chi connectivity index (χ1v) is 11.5. The van der Waals surface area contributed by atoms with Crippen molar-refractivity contribution in [1.29, 1.82) is 0 Å². The van der Waals surface area contributed by atoms with Gasteiger partial charge in [-0.1, -0.05) is 23.7 Å². The monoisotopic (exact) mass is 485 g/mol. The second kappa shape index (κ2) is 9.15. The minimum Gasteiger partial charge on any atom is -0.495 e. The van der Waals surface area contributed by atoms with Crippen molar-refractivity contribution in [3.8, 4) is 17.2 Å². The topological polar surface area (TPSA) is 88.6 Å². The SMILES string of the molecule is COc1ccc(Cl)cc1N1C(=O)CC(N2CCN(C(=O)C3COc4ccccc4O3)CC2)C1=O. The molecule has 2 fully saturated rings. The molecule has 9 nitrogen and oxygen atoms in total. The first-order valence-electron chi connectivity index (χ1n) is 11.1. The van der Waals surface area contributed by atoms with Crippen LogP contribution in [0.3, 0.4) is 0 Å². The third-order valence-corrected chi connectivity index (χ3v) is 6.59. The summed E-state index contributed by atoms with van der Waals surface area (Å²) < 4.78 is 16.8. The van der Waals surface area contributed by atoms with E-state index in [4.69, 9.17) is 25.8 Å². The van der Waals surface area contributed by atoms with Crippen molar-refractivity contribution in [2.75, 3.05) is 44.8 Å². The summed E-state index contributed by atoms with van der Waals surface area (Å²) >= 11 is 6.10. The number of halogens is 1. The Morgan fingerprint density at radius 2 is 1.79 bits per heavy atom. The van der Waals surface area contributed by atoms with E-state index in [-0.39, 0.29) is 30.7 Å². The lowest BCUT2D eigenvalue weighted by Crippen LogP contribution is -2.57. The van der Waals surface area contributed by atoms with E-state index in [2.05, 4.69) is 0 Å². The summed E-state index contributed by atoms with van der Waals surface area (Å²) in [6.45, 7) is 1.96. The Labute approximate surface area is 201 Å². The number of carbonyl (C=O) groups is 3. The number of para-hydroxylation sites is 2. The van der Waals surface area contributed by atoms with Gasteiger partial charge in [-0.25, -0.2) is 4.90 Å². The van der Waals surface area contributed by atoms with E-state index in [0.717, 1.165) is 4.90 Å². The third-order valence-electron chi connectivity index (χ3n) is 6.36. The minimum absolute atomic E-state index is 0.0683. The zero-order valence-corrected chi connectivity index (χ0v) is 19.4. The molecule has 34 heavy (non-hydrogen) atoms. The van der Waals surface area contributed by atoms with E-state index in [0.29, 0.717) is 54.1 Å². The van der Waals surface area contributed by atoms with Gasteiger partial charge in [0, 0.05) is 31.2 Å². The Balaban J connectivity index is 1.22. The average Bonchev–Trinajstić information content (AvgIpc) is 3.16. The number of piperazine rings is 1. The van der Waals surface area contributed by atoms with Gasteiger partial charge in [-0.2, -0.15) is 0 Å². The summed E-state index contributed by atoms with van der Waals surface area (Å²) in [4.78, 5) is 43.8. The van der Waals surface area contributed by atoms with Crippen molar-refractivity contribution in [2.45, 2.75) is 18.6 Å². The van der Waals surface area contributed by atoms with Crippen LogP contribution < -0.4 is 19.1 Å². The summed E-state index contributed by atoms with van der Waals surface area (Å²) in [6, 6.07) is 11.5. The minimum atomic E-state index is -0.707. The second-order valence-electron chi connectivity index (χ2n) is 8.33. The molecule has 5 rings (SSSR count). The van der Waals surface area contributed by atoms with E-state index < -0.39 is 12.1 Å². The van der Waals surface area contributed by atoms with Crippen molar-refractivity contribution in [2.24, 2.45) is 0 Å². The number of anilines is 1. The van der Waals surface area contributed by atoms with Crippen LogP contribution in [0.2, 0.25) is 5.02 Å². The number of rotatable bonds is 4. The Bertz CT molecular complexity index is 1130. The molecule has 0 N–H and O–H groups in total. The van der Waals surface area contributed by atoms with E-state index in [1.54, 1.807) is 35.2 Å². The standard InChI is InChI=1S/C24H24ClN3O6/c1-32-18-7-6-15(25)12-16(18)28-22(29)13-17(23(28)30)26-8-10-27(11-9-26)24(31)21-14-33-19-4-2-3-5-20(19)34-21/h2-7,12,17,21H,8-11,13-14H2,1H3. The molecule has 3 heterocycles. The maximum absolute atomic E-state index is 13.2. The van der Waals surface area contributed by atoms with E-state index in [1.807, 2.05) is 17.0 Å². The molecule has 2 saturated heterocycles. The summed E-state index contributed by atoms with van der Waals surface area (Å²) in [6.07, 6.45) is -0.638. The quantitative estimate of drug-likeness (QED) is 0.612. The van der Waals surface area contributed by atoms with Crippen LogP contribution in [0.25, 0.3) is 0 Å². The van der Waals surface area contributed by atoms with Crippen molar-refractivity contribution in [3.63, 3.8) is 0 Å². The Kier molecular flexibility index (Phi) is 6.05. The number of benzene rings is 2. The number of fused-ring (bicyclic) bond motifs is 1. The van der Waals surface area contributed by atoms with Crippen LogP contribution in [0.5, 0.6) is 17.2 Å². The lowest BCUT2D eigenvalue weighted by atomic mass is 10.1. The van der Waals surface area contributed by atoms with Gasteiger partial charge in [0.2, 0.25) is 12.0 Å². The molecular formula is C24H24ClN3O6. The first kappa shape index (κ1) is 22.5. The maximum Gasteiger partial charge on any atom is 0.267 e. The predicted octanol–water partition coefficient (Wildman–Crippen LogP) is 1.96. The first-order chi connectivity index (χ1) is 16.5. The van der Waals surface area contributed by atoms with Crippen molar-refractivity contribution in [1.82, 2.24) is 9.80 Å². The van der Waals surface area contributed by atoms with Crippen molar-refractivity contribution in [3.05, 3.63) is 47.5 Å². The molecule has 0 bridgehead atoms. The zero-order chi connectivity index (χ0) is 23.8. The number of hydrogen-bond donors (Lipinski definition) is 0. The number of hydrogen-bond acceptors (Lipinski definition) is 7. The molecule has 2 unspecified atom stereocenters. The fourth-order valence-corrected chi connectivity index (χ4v) is 4.76. The van der Waals surface area contributed by atoms with Gasteiger partial charge in [0.1, 0.15) is 12.4 Å². The zero-order valence-electron chi connectivity index (χ0n) is 18.6. The molecule has 178 valence electrons. The number of nitrogens with zero attached hydrogens (tertiary/aromatic N) is 3. The highest BCUT2D eigenvalue weighted by Crippen LogP contribution is 2.36. The number of methoxy groups -OCH3 is 1. The molecule has 0 saturated carbocycles. The molecule has 3 aliphatic rings. The highest BCUT2D eigenvalue weighted by molar-refractivity contribution is 6.31. The van der Waals surface area contributed by atoms with Gasteiger partial charge < -0.3 is 19.1 Å². The molecule has 0 radical (unpaired) electrons. The molecule has 2 atom stereocenters. The van der Waals surface area contributed by atoms with Gasteiger partial charge >= 0.3 is 0 Å². The van der Waals surface area contributed by atoms with Gasteiger partial charge in [0.05, 0.1) is 25.3 Å². The van der Waals surface area contributed by atoms with Crippen LogP contribution in [-0.4, -0.2) is 79.6 Å². The number of ether oxygens (including phenoxy) is 3. The summed E-state index contributed by atoms with van der Waals surface area (Å²) in [5.74, 6) is 0.817. The third kappa shape index (κ3) is 4.05. The van der Waals surface area contributed by atoms with E-state index in [1.165, 1.54) is 7.11 Å². The van der Waals surface area contributed by atoms with Crippen LogP contribution >= 0.6 is 11.6 Å². The van der Waals surface area contributed by atoms with Gasteiger partial charge in [-0.3, -0.25) is 19.3 Å². The summed E-state index contributed by atoms with van der Waals surface area (Å²) in [7, 11) is 1.48. The molecule has 0 aromatic heterocycles. The Morgan fingerprint density at radius 3 is 2.53 bits per heavy atom. The lowest BCUT2D eigenvalue weighted by Gasteiger charge is -2.38. The molecule has 0 spiro atoms. The van der Waals surface area contributed by atoms with Gasteiger partial charge in [-0.15, -0.1) is 0 Å². The van der Waals surface area contributed by atoms with Gasteiger partial charge in [0.15, 0.2) is 11.5 Å². The highest BCUT2D eigenvalue weighted by Gasteiger charge is 2.45. The molecule has 0 aliphatic carbocycles. The molecule has 2 aromatic carbocycles. The van der Waals surface area contributed by atoms with Gasteiger partial charge in [0.25, 0.3) is 11.8 Å². The molecule has 3 amide bonds.